The molecule has 9 heteroatoms. The lowest BCUT2D eigenvalue weighted by atomic mass is 9.99. The summed E-state index contributed by atoms with van der Waals surface area (Å²) in [6.07, 6.45) is 0.697. The van der Waals surface area contributed by atoms with Crippen LogP contribution in [-0.4, -0.2) is 57.2 Å². The van der Waals surface area contributed by atoms with Crippen molar-refractivity contribution in [2.24, 2.45) is 0 Å². The molecule has 148 valence electrons. The monoisotopic (exact) mass is 390 g/mol. The highest BCUT2D eigenvalue weighted by atomic mass is 19.4. The Bertz CT molecular complexity index is 929. The molecule has 1 saturated heterocycles. The Balaban J connectivity index is 1.36. The lowest BCUT2D eigenvalue weighted by Gasteiger charge is -2.36. The van der Waals surface area contributed by atoms with E-state index in [2.05, 4.69) is 31.8 Å². The van der Waals surface area contributed by atoms with Gasteiger partial charge in [0.25, 0.3) is 0 Å². The summed E-state index contributed by atoms with van der Waals surface area (Å²) in [6.45, 7) is 6.27. The number of anilines is 1. The fraction of sp³-hybridized carbons (Fsp3) is 0.421. The molecule has 2 aromatic heterocycles. The van der Waals surface area contributed by atoms with Gasteiger partial charge >= 0.3 is 6.18 Å². The number of halogens is 3. The summed E-state index contributed by atoms with van der Waals surface area (Å²) in [6, 6.07) is 5.49. The van der Waals surface area contributed by atoms with Crippen molar-refractivity contribution in [1.82, 2.24) is 24.5 Å². The van der Waals surface area contributed by atoms with Crippen molar-refractivity contribution < 1.29 is 13.2 Å². The van der Waals surface area contributed by atoms with Gasteiger partial charge in [0.15, 0.2) is 11.5 Å². The van der Waals surface area contributed by atoms with E-state index in [4.69, 9.17) is 0 Å². The lowest BCUT2D eigenvalue weighted by Crippen LogP contribution is -2.48. The second kappa shape index (κ2) is 7.38. The normalized spacial score (nSPS) is 17.2. The van der Waals surface area contributed by atoms with Gasteiger partial charge in [-0.15, -0.1) is 0 Å². The van der Waals surface area contributed by atoms with Crippen LogP contribution in [0.25, 0.3) is 5.65 Å². The van der Waals surface area contributed by atoms with E-state index in [1.807, 2.05) is 0 Å². The number of benzene rings is 1. The molecule has 1 aliphatic heterocycles. The van der Waals surface area contributed by atoms with Crippen LogP contribution in [0.15, 0.2) is 43.0 Å². The third-order valence-corrected chi connectivity index (χ3v) is 5.21. The summed E-state index contributed by atoms with van der Waals surface area (Å²) in [5.41, 5.74) is 1.04. The third kappa shape index (κ3) is 3.80. The van der Waals surface area contributed by atoms with Crippen molar-refractivity contribution in [2.45, 2.75) is 19.0 Å². The largest absolute Gasteiger partial charge is 0.416 e. The molecule has 3 heterocycles. The predicted molar refractivity (Wildman–Crippen MR) is 99.3 cm³/mol. The average molecular weight is 390 g/mol. The second-order valence-electron chi connectivity index (χ2n) is 7.10. The van der Waals surface area contributed by atoms with Crippen molar-refractivity contribution in [1.29, 1.82) is 0 Å². The molecular weight excluding hydrogens is 369 g/mol. The topological polar surface area (TPSA) is 49.6 Å². The van der Waals surface area contributed by atoms with E-state index >= 15 is 0 Å². The standard InChI is InChI=1S/C19H21F3N6/c1-14(15-2-4-16(5-3-15)19(20,21)22)12-26-6-8-27(9-7-26)18-11-23-10-17-24-13-25-28(17)18/h2-5,10-11,13-14H,6-9,12H2,1H3. The number of hydrogen-bond donors (Lipinski definition) is 0. The minimum absolute atomic E-state index is 0.161. The molecule has 28 heavy (non-hydrogen) atoms. The molecule has 0 N–H and O–H groups in total. The summed E-state index contributed by atoms with van der Waals surface area (Å²) < 4.78 is 39.9. The van der Waals surface area contributed by atoms with Gasteiger partial charge in [-0.2, -0.15) is 22.8 Å². The summed E-state index contributed by atoms with van der Waals surface area (Å²) >= 11 is 0. The molecule has 0 aliphatic carbocycles. The fourth-order valence-electron chi connectivity index (χ4n) is 3.61. The lowest BCUT2D eigenvalue weighted by molar-refractivity contribution is -0.137. The van der Waals surface area contributed by atoms with Gasteiger partial charge in [-0.05, 0) is 23.6 Å². The zero-order chi connectivity index (χ0) is 19.7. The molecule has 1 aliphatic rings. The van der Waals surface area contributed by atoms with E-state index in [1.165, 1.54) is 6.33 Å². The molecule has 1 atom stereocenters. The van der Waals surface area contributed by atoms with E-state index in [-0.39, 0.29) is 5.92 Å². The maximum absolute atomic E-state index is 12.7. The van der Waals surface area contributed by atoms with Gasteiger partial charge in [0, 0.05) is 32.7 Å². The molecule has 1 unspecified atom stereocenters. The molecule has 1 fully saturated rings. The van der Waals surface area contributed by atoms with Gasteiger partial charge in [0.05, 0.1) is 18.0 Å². The van der Waals surface area contributed by atoms with Gasteiger partial charge in [-0.25, -0.2) is 4.98 Å². The molecule has 0 amide bonds. The first-order valence-corrected chi connectivity index (χ1v) is 9.20. The zero-order valence-corrected chi connectivity index (χ0v) is 15.5. The van der Waals surface area contributed by atoms with Crippen LogP contribution in [0.2, 0.25) is 0 Å². The van der Waals surface area contributed by atoms with Crippen molar-refractivity contribution in [3.8, 4) is 0 Å². The van der Waals surface area contributed by atoms with Crippen LogP contribution in [0, 0.1) is 0 Å². The number of piperazine rings is 1. The molecule has 3 aromatic rings. The smallest absolute Gasteiger partial charge is 0.353 e. The zero-order valence-electron chi connectivity index (χ0n) is 15.5. The highest BCUT2D eigenvalue weighted by Gasteiger charge is 2.30. The van der Waals surface area contributed by atoms with Crippen LogP contribution >= 0.6 is 0 Å². The molecule has 0 spiro atoms. The second-order valence-corrected chi connectivity index (χ2v) is 7.10. The highest BCUT2D eigenvalue weighted by Crippen LogP contribution is 2.30. The molecular formula is C19H21F3N6. The van der Waals surface area contributed by atoms with Crippen LogP contribution in [0.4, 0.5) is 19.0 Å². The minimum atomic E-state index is -4.29. The van der Waals surface area contributed by atoms with Crippen molar-refractivity contribution in [3.05, 3.63) is 54.1 Å². The molecule has 1 aromatic carbocycles. The number of aromatic nitrogens is 4. The molecule has 0 bridgehead atoms. The number of hydrogen-bond acceptors (Lipinski definition) is 5. The number of alkyl halides is 3. The number of rotatable bonds is 4. The summed E-state index contributed by atoms with van der Waals surface area (Å²) in [5.74, 6) is 1.08. The number of nitrogens with zero attached hydrogens (tertiary/aromatic N) is 6. The summed E-state index contributed by atoms with van der Waals surface area (Å²) in [4.78, 5) is 13.0. The van der Waals surface area contributed by atoms with Crippen molar-refractivity contribution in [3.63, 3.8) is 0 Å². The van der Waals surface area contributed by atoms with Gasteiger partial charge in [0.2, 0.25) is 0 Å². The fourth-order valence-corrected chi connectivity index (χ4v) is 3.61. The Labute approximate surface area is 160 Å². The first-order valence-electron chi connectivity index (χ1n) is 9.20. The van der Waals surface area contributed by atoms with Crippen LogP contribution in [0.3, 0.4) is 0 Å². The highest BCUT2D eigenvalue weighted by molar-refractivity contribution is 5.46. The third-order valence-electron chi connectivity index (χ3n) is 5.21. The maximum Gasteiger partial charge on any atom is 0.416 e. The van der Waals surface area contributed by atoms with Gasteiger partial charge in [-0.3, -0.25) is 9.88 Å². The van der Waals surface area contributed by atoms with Crippen LogP contribution in [-0.2, 0) is 6.18 Å². The Morgan fingerprint density at radius 1 is 1.04 bits per heavy atom. The Morgan fingerprint density at radius 3 is 2.43 bits per heavy atom. The minimum Gasteiger partial charge on any atom is -0.353 e. The van der Waals surface area contributed by atoms with E-state index in [1.54, 1.807) is 29.0 Å². The van der Waals surface area contributed by atoms with Crippen molar-refractivity contribution >= 4 is 11.5 Å². The first-order chi connectivity index (χ1) is 13.4. The molecule has 4 rings (SSSR count). The van der Waals surface area contributed by atoms with Crippen LogP contribution < -0.4 is 4.90 Å². The number of fused-ring (bicyclic) bond motifs is 1. The summed E-state index contributed by atoms with van der Waals surface area (Å²) in [5, 5.41) is 4.26. The van der Waals surface area contributed by atoms with Gasteiger partial charge in [-0.1, -0.05) is 19.1 Å². The van der Waals surface area contributed by atoms with E-state index in [0.717, 1.165) is 61.9 Å². The maximum atomic E-state index is 12.7. The van der Waals surface area contributed by atoms with E-state index in [0.29, 0.717) is 0 Å². The van der Waals surface area contributed by atoms with Gasteiger partial charge in [0.1, 0.15) is 6.33 Å². The summed E-state index contributed by atoms with van der Waals surface area (Å²) in [7, 11) is 0. The Morgan fingerprint density at radius 2 is 1.75 bits per heavy atom. The SMILES string of the molecule is CC(CN1CCN(c2cncc3ncnn23)CC1)c1ccc(C(F)(F)F)cc1. The first kappa shape index (κ1) is 18.7. The quantitative estimate of drug-likeness (QED) is 0.685. The molecule has 0 radical (unpaired) electrons. The van der Waals surface area contributed by atoms with E-state index < -0.39 is 11.7 Å². The average Bonchev–Trinajstić information content (AvgIpc) is 3.17. The Hall–Kier alpha value is -2.68. The van der Waals surface area contributed by atoms with Crippen molar-refractivity contribution in [2.75, 3.05) is 37.6 Å². The predicted octanol–water partition coefficient (Wildman–Crippen LogP) is 3.07. The van der Waals surface area contributed by atoms with Crippen LogP contribution in [0.1, 0.15) is 24.0 Å². The molecule has 6 nitrogen and oxygen atoms in total. The Kier molecular flexibility index (Phi) is 4.92. The molecule has 0 saturated carbocycles. The van der Waals surface area contributed by atoms with Gasteiger partial charge < -0.3 is 4.90 Å². The van der Waals surface area contributed by atoms with E-state index in [9.17, 15) is 13.2 Å². The van der Waals surface area contributed by atoms with Crippen LogP contribution in [0.5, 0.6) is 0 Å².